The zero-order chi connectivity index (χ0) is 16.9. The number of ether oxygens (including phenoxy) is 3. The predicted octanol–water partition coefficient (Wildman–Crippen LogP) is 3.06. The highest BCUT2D eigenvalue weighted by Gasteiger charge is 2.29. The van der Waals surface area contributed by atoms with Gasteiger partial charge in [-0.2, -0.15) is 0 Å². The van der Waals surface area contributed by atoms with Crippen LogP contribution in [-0.2, 0) is 9.47 Å². The third kappa shape index (κ3) is 5.41. The second-order valence-corrected chi connectivity index (χ2v) is 6.14. The monoisotopic (exact) mass is 322 g/mol. The molecule has 0 spiro atoms. The Morgan fingerprint density at radius 3 is 2.65 bits per heavy atom. The van der Waals surface area contributed by atoms with Gasteiger partial charge in [0.1, 0.15) is 5.75 Å². The Bertz CT molecular complexity index is 539. The predicted molar refractivity (Wildman–Crippen MR) is 88.9 cm³/mol. The molecule has 1 aromatic rings. The van der Waals surface area contributed by atoms with Crippen LogP contribution >= 0.6 is 0 Å². The van der Waals surface area contributed by atoms with Gasteiger partial charge in [0.2, 0.25) is 0 Å². The molecule has 1 saturated heterocycles. The molecule has 1 aromatic carbocycles. The highest BCUT2D eigenvalue weighted by molar-refractivity contribution is 5.89. The summed E-state index contributed by atoms with van der Waals surface area (Å²) >= 11 is 0. The second kappa shape index (κ2) is 7.66. The molecule has 0 aliphatic carbocycles. The molecule has 23 heavy (non-hydrogen) atoms. The maximum absolute atomic E-state index is 12.0. The van der Waals surface area contributed by atoms with E-state index in [0.29, 0.717) is 25.4 Å². The molecule has 6 nitrogen and oxygen atoms in total. The zero-order valence-electron chi connectivity index (χ0n) is 14.3. The minimum absolute atomic E-state index is 0.118. The molecule has 0 bridgehead atoms. The molecule has 1 aliphatic heterocycles. The van der Waals surface area contributed by atoms with Crippen LogP contribution in [0.5, 0.6) is 5.75 Å². The van der Waals surface area contributed by atoms with Crippen molar-refractivity contribution in [2.75, 3.05) is 25.1 Å². The Morgan fingerprint density at radius 1 is 1.35 bits per heavy atom. The summed E-state index contributed by atoms with van der Waals surface area (Å²) in [6.45, 7) is 9.34. The molecule has 1 aliphatic rings. The van der Waals surface area contributed by atoms with Crippen molar-refractivity contribution in [3.05, 3.63) is 23.8 Å². The number of hydrogen-bond acceptors (Lipinski definition) is 4. The van der Waals surface area contributed by atoms with Gasteiger partial charge in [0.25, 0.3) is 0 Å². The van der Waals surface area contributed by atoms with E-state index < -0.39 is 5.79 Å². The van der Waals surface area contributed by atoms with E-state index >= 15 is 0 Å². The summed E-state index contributed by atoms with van der Waals surface area (Å²) in [6.07, 6.45) is 0.998. The SMILES string of the molecule is Cc1cc(NC(=O)NCC2(C)OCCCO2)ccc1OC(C)C. The molecule has 0 aromatic heterocycles. The average molecular weight is 322 g/mol. The first kappa shape index (κ1) is 17.6. The van der Waals surface area contributed by atoms with Crippen LogP contribution in [-0.4, -0.2) is 37.7 Å². The van der Waals surface area contributed by atoms with Crippen molar-refractivity contribution in [3.63, 3.8) is 0 Å². The summed E-state index contributed by atoms with van der Waals surface area (Å²) in [6, 6.07) is 5.27. The first-order valence-electron chi connectivity index (χ1n) is 7.98. The summed E-state index contributed by atoms with van der Waals surface area (Å²) < 4.78 is 16.8. The minimum Gasteiger partial charge on any atom is -0.491 e. The highest BCUT2D eigenvalue weighted by atomic mass is 16.7. The Labute approximate surface area is 137 Å². The van der Waals surface area contributed by atoms with E-state index in [1.807, 2.05) is 45.9 Å². The van der Waals surface area contributed by atoms with Crippen molar-refractivity contribution in [1.82, 2.24) is 5.32 Å². The van der Waals surface area contributed by atoms with Gasteiger partial charge in [-0.1, -0.05) is 0 Å². The first-order valence-corrected chi connectivity index (χ1v) is 7.98. The number of anilines is 1. The van der Waals surface area contributed by atoms with Crippen molar-refractivity contribution < 1.29 is 19.0 Å². The van der Waals surface area contributed by atoms with Gasteiger partial charge in [-0.3, -0.25) is 0 Å². The topological polar surface area (TPSA) is 68.8 Å². The van der Waals surface area contributed by atoms with E-state index in [-0.39, 0.29) is 12.1 Å². The molecule has 1 fully saturated rings. The number of aryl methyl sites for hydroxylation is 1. The average Bonchev–Trinajstić information content (AvgIpc) is 2.49. The molecule has 0 radical (unpaired) electrons. The Kier molecular flexibility index (Phi) is 5.85. The number of rotatable bonds is 5. The molecule has 0 saturated carbocycles. The molecular weight excluding hydrogens is 296 g/mol. The number of benzene rings is 1. The highest BCUT2D eigenvalue weighted by Crippen LogP contribution is 2.23. The Hall–Kier alpha value is -1.79. The van der Waals surface area contributed by atoms with Crippen molar-refractivity contribution in [1.29, 1.82) is 0 Å². The Balaban J connectivity index is 1.86. The molecular formula is C17H26N2O4. The van der Waals surface area contributed by atoms with Crippen LogP contribution in [0.1, 0.15) is 32.8 Å². The van der Waals surface area contributed by atoms with E-state index in [4.69, 9.17) is 14.2 Å². The number of urea groups is 1. The number of carbonyl (C=O) groups is 1. The summed E-state index contributed by atoms with van der Waals surface area (Å²) in [5.41, 5.74) is 1.69. The van der Waals surface area contributed by atoms with Crippen LogP contribution in [0.2, 0.25) is 0 Å². The number of hydrogen-bond donors (Lipinski definition) is 2. The lowest BCUT2D eigenvalue weighted by molar-refractivity contribution is -0.250. The minimum atomic E-state index is -0.750. The van der Waals surface area contributed by atoms with E-state index in [1.165, 1.54) is 0 Å². The summed E-state index contributed by atoms with van der Waals surface area (Å²) in [4.78, 5) is 12.0. The van der Waals surface area contributed by atoms with Crippen LogP contribution in [0.4, 0.5) is 10.5 Å². The number of amides is 2. The Morgan fingerprint density at radius 2 is 2.04 bits per heavy atom. The first-order chi connectivity index (χ1) is 10.9. The molecule has 128 valence electrons. The largest absolute Gasteiger partial charge is 0.491 e. The molecule has 1 heterocycles. The van der Waals surface area contributed by atoms with E-state index in [2.05, 4.69) is 10.6 Å². The van der Waals surface area contributed by atoms with Crippen molar-refractivity contribution in [2.24, 2.45) is 0 Å². The van der Waals surface area contributed by atoms with Crippen molar-refractivity contribution in [3.8, 4) is 5.75 Å². The number of carbonyl (C=O) groups excluding carboxylic acids is 1. The van der Waals surface area contributed by atoms with Gasteiger partial charge in [0, 0.05) is 5.69 Å². The van der Waals surface area contributed by atoms with E-state index in [1.54, 1.807) is 0 Å². The summed E-state index contributed by atoms with van der Waals surface area (Å²) in [5, 5.41) is 5.58. The van der Waals surface area contributed by atoms with Gasteiger partial charge in [0.05, 0.1) is 25.9 Å². The third-order valence-electron chi connectivity index (χ3n) is 3.47. The van der Waals surface area contributed by atoms with Crippen LogP contribution in [0.3, 0.4) is 0 Å². The summed E-state index contributed by atoms with van der Waals surface area (Å²) in [7, 11) is 0. The molecule has 0 atom stereocenters. The standard InChI is InChI=1S/C17H26N2O4/c1-12(2)23-15-7-6-14(10-13(15)3)19-16(20)18-11-17(4)21-8-5-9-22-17/h6-7,10,12H,5,8-9,11H2,1-4H3,(H2,18,19,20). The normalized spacial score (nSPS) is 16.9. The number of nitrogens with one attached hydrogen (secondary N) is 2. The molecule has 0 unspecified atom stereocenters. The fourth-order valence-corrected chi connectivity index (χ4v) is 2.31. The van der Waals surface area contributed by atoms with Gasteiger partial charge in [-0.05, 0) is 57.9 Å². The molecule has 6 heteroatoms. The smallest absolute Gasteiger partial charge is 0.319 e. The lowest BCUT2D eigenvalue weighted by Gasteiger charge is -2.33. The van der Waals surface area contributed by atoms with Gasteiger partial charge >= 0.3 is 6.03 Å². The third-order valence-corrected chi connectivity index (χ3v) is 3.47. The fraction of sp³-hybridized carbons (Fsp3) is 0.588. The zero-order valence-corrected chi connectivity index (χ0v) is 14.3. The molecule has 2 N–H and O–H groups in total. The van der Waals surface area contributed by atoms with E-state index in [0.717, 1.165) is 17.7 Å². The second-order valence-electron chi connectivity index (χ2n) is 6.14. The molecule has 2 amide bonds. The van der Waals surface area contributed by atoms with Crippen LogP contribution < -0.4 is 15.4 Å². The summed E-state index contributed by atoms with van der Waals surface area (Å²) in [5.74, 6) is 0.0722. The van der Waals surface area contributed by atoms with Crippen molar-refractivity contribution in [2.45, 2.75) is 46.0 Å². The maximum atomic E-state index is 12.0. The maximum Gasteiger partial charge on any atom is 0.319 e. The van der Waals surface area contributed by atoms with Crippen LogP contribution in [0.15, 0.2) is 18.2 Å². The van der Waals surface area contributed by atoms with Gasteiger partial charge in [0.15, 0.2) is 5.79 Å². The van der Waals surface area contributed by atoms with Crippen LogP contribution in [0.25, 0.3) is 0 Å². The lowest BCUT2D eigenvalue weighted by atomic mass is 10.2. The quantitative estimate of drug-likeness (QED) is 0.874. The van der Waals surface area contributed by atoms with Crippen molar-refractivity contribution >= 4 is 11.7 Å². The fourth-order valence-electron chi connectivity index (χ4n) is 2.31. The van der Waals surface area contributed by atoms with E-state index in [9.17, 15) is 4.79 Å². The lowest BCUT2D eigenvalue weighted by Crippen LogP contribution is -2.48. The van der Waals surface area contributed by atoms with Crippen LogP contribution in [0, 0.1) is 6.92 Å². The van der Waals surface area contributed by atoms with Gasteiger partial charge in [-0.15, -0.1) is 0 Å². The van der Waals surface area contributed by atoms with Gasteiger partial charge < -0.3 is 24.8 Å². The molecule has 2 rings (SSSR count). The van der Waals surface area contributed by atoms with Gasteiger partial charge in [-0.25, -0.2) is 4.79 Å².